The van der Waals surface area contributed by atoms with Crippen LogP contribution in [0.25, 0.3) is 0 Å². The van der Waals surface area contributed by atoms with Crippen molar-refractivity contribution in [2.45, 2.75) is 0 Å². The maximum Gasteiger partial charge on any atom is 2.00 e. The Balaban J connectivity index is 0.000000980. The minimum Gasteiger partial charge on any atom is -0.145 e. The zero-order valence-electron chi connectivity index (χ0n) is 7.23. The van der Waals surface area contributed by atoms with E-state index in [9.17, 15) is 0 Å². The second-order valence-electron chi connectivity index (χ2n) is 2.92. The Morgan fingerprint density at radius 2 is 1.00 bits per heavy atom. The van der Waals surface area contributed by atoms with Gasteiger partial charge in [-0.05, 0) is 51.4 Å². The molecule has 0 unspecified atom stereocenters. The summed E-state index contributed by atoms with van der Waals surface area (Å²) in [5, 5.41) is 0. The van der Waals surface area contributed by atoms with Gasteiger partial charge in [0.1, 0.15) is 0 Å². The second kappa shape index (κ2) is 5.59. The van der Waals surface area contributed by atoms with Gasteiger partial charge >= 0.3 is 17.1 Å². The monoisotopic (exact) mass is 282 g/mol. The Kier molecular flexibility index (Phi) is 5.34. The van der Waals surface area contributed by atoms with Gasteiger partial charge in [-0.25, -0.2) is 0 Å². The Hall–Kier alpha value is 1.32. The summed E-state index contributed by atoms with van der Waals surface area (Å²) in [5.41, 5.74) is 2.11. The first-order valence-corrected chi connectivity index (χ1v) is 8.06. The summed E-state index contributed by atoms with van der Waals surface area (Å²) >= 11 is 12.7. The second-order valence-corrected chi connectivity index (χ2v) is 9.21. The fraction of sp³-hybridized carbons (Fsp3) is 0. The summed E-state index contributed by atoms with van der Waals surface area (Å²) in [5.74, 6) is 0. The van der Waals surface area contributed by atoms with Gasteiger partial charge in [-0.3, -0.25) is 0 Å². The summed E-state index contributed by atoms with van der Waals surface area (Å²) in [7, 11) is 0. The summed E-state index contributed by atoms with van der Waals surface area (Å²) in [6.45, 7) is -2.41. The average Bonchev–Trinajstić information content (AvgIpc) is 2.78. The summed E-state index contributed by atoms with van der Waals surface area (Å²) in [6.07, 6.45) is 15.8. The van der Waals surface area contributed by atoms with Crippen molar-refractivity contribution >= 4 is 28.9 Å². The molecule has 0 aromatic carbocycles. The molecule has 0 atom stereocenters. The van der Waals surface area contributed by atoms with E-state index in [2.05, 4.69) is 0 Å². The van der Waals surface area contributed by atoms with E-state index in [1.807, 2.05) is 51.4 Å². The Bertz CT molecular complexity index is 157. The quantitative estimate of drug-likeness (QED) is 0.540. The van der Waals surface area contributed by atoms with Gasteiger partial charge in [0.15, 0.2) is 0 Å². The van der Waals surface area contributed by atoms with Crippen LogP contribution in [-0.2, 0) is 17.1 Å². The topological polar surface area (TPSA) is 0 Å². The van der Waals surface area contributed by atoms with Crippen LogP contribution < -0.4 is 0 Å². The third-order valence-corrected chi connectivity index (χ3v) is 6.79. The smallest absolute Gasteiger partial charge is 0.145 e. The Morgan fingerprint density at radius 1 is 0.714 bits per heavy atom. The zero-order chi connectivity index (χ0) is 9.31. The van der Waals surface area contributed by atoms with Crippen LogP contribution in [0, 0.1) is 62.4 Å². The third-order valence-electron chi connectivity index (χ3n) is 2.05. The van der Waals surface area contributed by atoms with Crippen LogP contribution in [0.1, 0.15) is 0 Å². The van der Waals surface area contributed by atoms with Crippen molar-refractivity contribution in [3.8, 4) is 0 Å². The Labute approximate surface area is 108 Å². The molecule has 2 saturated carbocycles. The molecule has 0 aliphatic heterocycles. The molecule has 2 aliphatic rings. The number of halogens is 2. The van der Waals surface area contributed by atoms with Crippen LogP contribution >= 0.6 is 22.2 Å². The van der Waals surface area contributed by atoms with E-state index in [0.29, 0.717) is 0 Å². The minimum atomic E-state index is -2.41. The molecule has 0 heterocycles. The number of hydrogen-bond donors (Lipinski definition) is 0. The van der Waals surface area contributed by atoms with E-state index in [-0.39, 0.29) is 17.1 Å². The first-order valence-electron chi connectivity index (χ1n) is 4.03. The number of rotatable bonds is 2. The van der Waals surface area contributed by atoms with Gasteiger partial charge in [0.25, 0.3) is 6.69 Å². The van der Waals surface area contributed by atoms with Crippen molar-refractivity contribution in [3.05, 3.63) is 62.4 Å². The predicted molar refractivity (Wildman–Crippen MR) is 58.3 cm³/mol. The molecular formula is C10H8Cl2FeSi+2. The van der Waals surface area contributed by atoms with Gasteiger partial charge in [0, 0.05) is 11.1 Å². The van der Waals surface area contributed by atoms with Gasteiger partial charge in [-0.2, -0.15) is 0 Å². The van der Waals surface area contributed by atoms with Crippen LogP contribution in [0.4, 0.5) is 0 Å². The summed E-state index contributed by atoms with van der Waals surface area (Å²) in [4.78, 5) is 0. The van der Waals surface area contributed by atoms with E-state index in [1.54, 1.807) is 0 Å². The fourth-order valence-electron chi connectivity index (χ4n) is 1.33. The molecule has 0 aromatic rings. The van der Waals surface area contributed by atoms with Gasteiger partial charge in [-0.1, -0.05) is 0 Å². The van der Waals surface area contributed by atoms with E-state index >= 15 is 0 Å². The van der Waals surface area contributed by atoms with E-state index < -0.39 is 6.69 Å². The molecule has 72 valence electrons. The van der Waals surface area contributed by atoms with Crippen molar-refractivity contribution in [2.75, 3.05) is 0 Å². The Morgan fingerprint density at radius 3 is 1.29 bits per heavy atom. The largest absolute Gasteiger partial charge is 2.00 e. The van der Waals surface area contributed by atoms with Crippen molar-refractivity contribution in [2.24, 2.45) is 0 Å². The fourth-order valence-corrected chi connectivity index (χ4v) is 4.40. The molecule has 2 rings (SSSR count). The van der Waals surface area contributed by atoms with Crippen molar-refractivity contribution in [3.63, 3.8) is 0 Å². The molecule has 0 N–H and O–H groups in total. The van der Waals surface area contributed by atoms with Crippen LogP contribution in [0.5, 0.6) is 0 Å². The van der Waals surface area contributed by atoms with Crippen molar-refractivity contribution in [1.29, 1.82) is 0 Å². The predicted octanol–water partition coefficient (Wildman–Crippen LogP) is 2.79. The molecule has 2 fully saturated rings. The van der Waals surface area contributed by atoms with Crippen LogP contribution in [0.3, 0.4) is 0 Å². The molecule has 0 amide bonds. The standard InChI is InChI=1S/C10H8Cl2Si.Fe/c11-13(12,9-5-1-2-6-9)10-7-3-4-8-10;/h1-8H;/q;+2. The first kappa shape index (κ1) is 13.4. The van der Waals surface area contributed by atoms with E-state index in [0.717, 1.165) is 11.1 Å². The normalized spacial score (nSPS) is 25.3. The SMILES string of the molecule is Cl[Si](Cl)([C]1[CH][CH][CH][CH]1)[C]1[CH][CH][CH][CH]1.[Fe+2]. The van der Waals surface area contributed by atoms with E-state index in [1.165, 1.54) is 0 Å². The molecule has 0 bridgehead atoms. The first-order chi connectivity index (χ1) is 6.21. The number of hydrogen-bond acceptors (Lipinski definition) is 0. The molecule has 4 heteroatoms. The molecule has 0 spiro atoms. The molecule has 14 heavy (non-hydrogen) atoms. The van der Waals surface area contributed by atoms with Gasteiger partial charge < -0.3 is 0 Å². The van der Waals surface area contributed by atoms with Crippen LogP contribution in [0.15, 0.2) is 0 Å². The molecule has 0 aromatic heterocycles. The molecule has 2 aliphatic carbocycles. The minimum absolute atomic E-state index is 0. The third kappa shape index (κ3) is 2.71. The molecular weight excluding hydrogens is 275 g/mol. The summed E-state index contributed by atoms with van der Waals surface area (Å²) in [6, 6.07) is 0. The average molecular weight is 283 g/mol. The summed E-state index contributed by atoms with van der Waals surface area (Å²) < 4.78 is 0. The maximum atomic E-state index is 6.37. The maximum absolute atomic E-state index is 6.37. The van der Waals surface area contributed by atoms with Crippen LogP contribution in [-0.4, -0.2) is 6.69 Å². The molecule has 10 radical (unpaired) electrons. The molecule has 0 nitrogen and oxygen atoms in total. The van der Waals surface area contributed by atoms with Crippen LogP contribution in [0.2, 0.25) is 0 Å². The van der Waals surface area contributed by atoms with Gasteiger partial charge in [-0.15, -0.1) is 22.2 Å². The van der Waals surface area contributed by atoms with E-state index in [4.69, 9.17) is 22.2 Å². The molecule has 0 saturated heterocycles. The van der Waals surface area contributed by atoms with Gasteiger partial charge in [0.05, 0.1) is 0 Å². The zero-order valence-corrected chi connectivity index (χ0v) is 10.8. The van der Waals surface area contributed by atoms with Crippen molar-refractivity contribution < 1.29 is 17.1 Å². The van der Waals surface area contributed by atoms with Gasteiger partial charge in [0.2, 0.25) is 0 Å². The van der Waals surface area contributed by atoms with Crippen molar-refractivity contribution in [1.82, 2.24) is 0 Å².